The fourth-order valence-electron chi connectivity index (χ4n) is 7.96. The van der Waals surface area contributed by atoms with Crippen LogP contribution in [0.2, 0.25) is 0 Å². The van der Waals surface area contributed by atoms with Crippen LogP contribution in [0, 0.1) is 28.6 Å². The minimum atomic E-state index is -0.293. The number of nitrogens with zero attached hydrogens (tertiary/aromatic N) is 1. The third kappa shape index (κ3) is 3.25. The molecule has 32 heavy (non-hydrogen) atoms. The summed E-state index contributed by atoms with van der Waals surface area (Å²) < 4.78 is 0. The van der Waals surface area contributed by atoms with Crippen molar-refractivity contribution in [2.24, 2.45) is 28.6 Å². The Balaban J connectivity index is 1.52. The molecule has 1 aromatic carbocycles. The van der Waals surface area contributed by atoms with Crippen molar-refractivity contribution >= 4 is 17.5 Å². The monoisotopic (exact) mass is 432 g/mol. The summed E-state index contributed by atoms with van der Waals surface area (Å²) >= 11 is 0. The van der Waals surface area contributed by atoms with Crippen LogP contribution in [0.4, 0.5) is 5.69 Å². The Morgan fingerprint density at radius 2 is 1.91 bits per heavy atom. The molecule has 1 aromatic rings. The normalized spacial score (nSPS) is 38.2. The molecule has 4 aliphatic rings. The van der Waals surface area contributed by atoms with E-state index in [1.807, 2.05) is 35.2 Å². The van der Waals surface area contributed by atoms with Crippen LogP contribution in [0.5, 0.6) is 0 Å². The van der Waals surface area contributed by atoms with E-state index in [1.165, 1.54) is 38.5 Å². The van der Waals surface area contributed by atoms with Gasteiger partial charge < -0.3 is 10.2 Å². The molecule has 0 aromatic heterocycles. The summed E-state index contributed by atoms with van der Waals surface area (Å²) in [5, 5.41) is 2.95. The summed E-state index contributed by atoms with van der Waals surface area (Å²) in [6, 6.07) is 9.56. The number of carbonyl (C=O) groups is 2. The third-order valence-electron chi connectivity index (χ3n) is 9.43. The van der Waals surface area contributed by atoms with Gasteiger partial charge in [-0.05, 0) is 73.8 Å². The molecule has 3 aliphatic carbocycles. The number of anilines is 1. The Hall–Kier alpha value is -2.36. The molecule has 1 N–H and O–H groups in total. The van der Waals surface area contributed by atoms with Crippen molar-refractivity contribution in [3.8, 4) is 0 Å². The van der Waals surface area contributed by atoms with E-state index in [1.54, 1.807) is 6.08 Å². The van der Waals surface area contributed by atoms with Gasteiger partial charge in [0.15, 0.2) is 0 Å². The van der Waals surface area contributed by atoms with Crippen LogP contribution in [0.1, 0.15) is 58.8 Å². The highest BCUT2D eigenvalue weighted by molar-refractivity contribution is 6.23. The Morgan fingerprint density at radius 1 is 1.12 bits per heavy atom. The number of hydrogen-bond donors (Lipinski definition) is 1. The SMILES string of the molecule is C=CCN1C(=O)C(C(=O)Nc2ccccc2)=C[C@@]2(C)C1CC[C@@H]1[C@H]2CC[C@]2(C)CCC[C@@H]12. The van der Waals surface area contributed by atoms with Crippen molar-refractivity contribution in [1.29, 1.82) is 0 Å². The maximum Gasteiger partial charge on any atom is 0.260 e. The summed E-state index contributed by atoms with van der Waals surface area (Å²) in [6.45, 7) is 9.24. The van der Waals surface area contributed by atoms with Crippen LogP contribution in [-0.2, 0) is 9.59 Å². The van der Waals surface area contributed by atoms with Gasteiger partial charge in [0.1, 0.15) is 5.57 Å². The first-order chi connectivity index (χ1) is 15.4. The van der Waals surface area contributed by atoms with Gasteiger partial charge in [0, 0.05) is 23.7 Å². The number of hydrogen-bond acceptors (Lipinski definition) is 2. The van der Waals surface area contributed by atoms with Gasteiger partial charge in [0.25, 0.3) is 11.8 Å². The topological polar surface area (TPSA) is 49.4 Å². The van der Waals surface area contributed by atoms with Crippen molar-refractivity contribution in [3.05, 3.63) is 54.6 Å². The van der Waals surface area contributed by atoms with Crippen LogP contribution in [0.3, 0.4) is 0 Å². The van der Waals surface area contributed by atoms with Crippen LogP contribution >= 0.6 is 0 Å². The van der Waals surface area contributed by atoms with E-state index in [9.17, 15) is 9.59 Å². The zero-order valence-electron chi connectivity index (χ0n) is 19.5. The van der Waals surface area contributed by atoms with Gasteiger partial charge >= 0.3 is 0 Å². The highest BCUT2D eigenvalue weighted by atomic mass is 16.2. The number of nitrogens with one attached hydrogen (secondary N) is 1. The summed E-state index contributed by atoms with van der Waals surface area (Å²) in [5.41, 5.74) is 1.34. The summed E-state index contributed by atoms with van der Waals surface area (Å²) in [5.74, 6) is 1.57. The molecular weight excluding hydrogens is 396 g/mol. The van der Waals surface area contributed by atoms with Gasteiger partial charge in [-0.25, -0.2) is 0 Å². The molecule has 4 nitrogen and oxygen atoms in total. The number of fused-ring (bicyclic) bond motifs is 5. The number of amides is 2. The van der Waals surface area contributed by atoms with Crippen molar-refractivity contribution in [2.45, 2.75) is 64.8 Å². The Labute approximate surface area is 192 Å². The Kier molecular flexibility index (Phi) is 5.30. The number of carbonyl (C=O) groups excluding carboxylic acids is 2. The molecular formula is C28H36N2O2. The number of rotatable bonds is 4. The predicted molar refractivity (Wildman–Crippen MR) is 128 cm³/mol. The van der Waals surface area contributed by atoms with E-state index in [-0.39, 0.29) is 23.3 Å². The molecule has 4 heteroatoms. The largest absolute Gasteiger partial charge is 0.331 e. The summed E-state index contributed by atoms with van der Waals surface area (Å²) in [6.07, 6.45) is 12.6. The lowest BCUT2D eigenvalue weighted by Gasteiger charge is -2.60. The van der Waals surface area contributed by atoms with Crippen molar-refractivity contribution in [2.75, 3.05) is 11.9 Å². The lowest BCUT2D eigenvalue weighted by atomic mass is 9.48. The van der Waals surface area contributed by atoms with E-state index >= 15 is 0 Å². The third-order valence-corrected chi connectivity index (χ3v) is 9.43. The molecule has 3 saturated carbocycles. The standard InChI is InChI=1S/C28H36N2O2/c1-4-17-30-24-13-12-20-22-11-8-15-27(22,2)16-14-23(20)28(24,3)18-21(26(30)32)25(31)29-19-9-6-5-7-10-19/h4-7,9-10,18,20,22-24H,1,8,11-17H2,2-3H3,(H,29,31)/t20-,22-,23+,24?,27-,28+/m0/s1. The van der Waals surface area contributed by atoms with E-state index in [0.29, 0.717) is 29.4 Å². The zero-order valence-corrected chi connectivity index (χ0v) is 19.5. The number of benzene rings is 1. The van der Waals surface area contributed by atoms with Crippen molar-refractivity contribution in [1.82, 2.24) is 4.90 Å². The maximum atomic E-state index is 13.5. The predicted octanol–water partition coefficient (Wildman–Crippen LogP) is 5.58. The fraction of sp³-hybridized carbons (Fsp3) is 0.571. The molecule has 1 aliphatic heterocycles. The molecule has 0 spiro atoms. The van der Waals surface area contributed by atoms with E-state index < -0.39 is 0 Å². The van der Waals surface area contributed by atoms with Crippen LogP contribution in [0.25, 0.3) is 0 Å². The Morgan fingerprint density at radius 3 is 2.66 bits per heavy atom. The van der Waals surface area contributed by atoms with Gasteiger partial charge in [-0.1, -0.05) is 50.6 Å². The van der Waals surface area contributed by atoms with E-state index in [2.05, 4.69) is 31.8 Å². The summed E-state index contributed by atoms with van der Waals surface area (Å²) in [7, 11) is 0. The smallest absolute Gasteiger partial charge is 0.260 e. The lowest BCUT2D eigenvalue weighted by molar-refractivity contribution is -0.142. The van der Waals surface area contributed by atoms with Gasteiger partial charge in [-0.2, -0.15) is 0 Å². The van der Waals surface area contributed by atoms with Gasteiger partial charge in [0.05, 0.1) is 0 Å². The first-order valence-electron chi connectivity index (χ1n) is 12.4. The van der Waals surface area contributed by atoms with Gasteiger partial charge in [-0.3, -0.25) is 9.59 Å². The summed E-state index contributed by atoms with van der Waals surface area (Å²) in [4.78, 5) is 28.7. The second kappa shape index (κ2) is 7.90. The molecule has 2 amide bonds. The average molecular weight is 433 g/mol. The quantitative estimate of drug-likeness (QED) is 0.499. The van der Waals surface area contributed by atoms with Gasteiger partial charge in [-0.15, -0.1) is 6.58 Å². The first kappa shape index (κ1) is 21.5. The van der Waals surface area contributed by atoms with E-state index in [4.69, 9.17) is 0 Å². The zero-order chi connectivity index (χ0) is 22.5. The minimum Gasteiger partial charge on any atom is -0.331 e. The minimum absolute atomic E-state index is 0.147. The Bertz CT molecular complexity index is 953. The van der Waals surface area contributed by atoms with Gasteiger partial charge in [0.2, 0.25) is 0 Å². The average Bonchev–Trinajstić information content (AvgIpc) is 3.18. The molecule has 0 saturated heterocycles. The highest BCUT2D eigenvalue weighted by Gasteiger charge is 2.59. The fourth-order valence-corrected chi connectivity index (χ4v) is 7.96. The first-order valence-corrected chi connectivity index (χ1v) is 12.4. The van der Waals surface area contributed by atoms with Crippen LogP contribution in [0.15, 0.2) is 54.6 Å². The molecule has 0 radical (unpaired) electrons. The van der Waals surface area contributed by atoms with Crippen LogP contribution in [-0.4, -0.2) is 29.3 Å². The maximum absolute atomic E-state index is 13.5. The molecule has 0 bridgehead atoms. The second-order valence-electron chi connectivity index (χ2n) is 11.0. The lowest BCUT2D eigenvalue weighted by Crippen LogP contribution is -2.61. The molecule has 1 heterocycles. The molecule has 170 valence electrons. The highest BCUT2D eigenvalue weighted by Crippen LogP contribution is 2.64. The molecule has 5 rings (SSSR count). The van der Waals surface area contributed by atoms with E-state index in [0.717, 1.165) is 18.0 Å². The van der Waals surface area contributed by atoms with Crippen molar-refractivity contribution in [3.63, 3.8) is 0 Å². The number of para-hydroxylation sites is 1. The molecule has 6 atom stereocenters. The van der Waals surface area contributed by atoms with Crippen LogP contribution < -0.4 is 5.32 Å². The molecule has 3 fully saturated rings. The van der Waals surface area contributed by atoms with Crippen molar-refractivity contribution < 1.29 is 9.59 Å². The second-order valence-corrected chi connectivity index (χ2v) is 11.0. The molecule has 1 unspecified atom stereocenters.